The highest BCUT2D eigenvalue weighted by atomic mass is 32.1. The summed E-state index contributed by atoms with van der Waals surface area (Å²) in [7, 11) is 0. The molecule has 0 radical (unpaired) electrons. The van der Waals surface area contributed by atoms with Crippen molar-refractivity contribution in [3.05, 3.63) is 42.0 Å². The van der Waals surface area contributed by atoms with Crippen LogP contribution in [0, 0.1) is 10.8 Å². The molecule has 0 saturated carbocycles. The maximum atomic E-state index is 11.9. The Bertz CT molecular complexity index is 581. The summed E-state index contributed by atoms with van der Waals surface area (Å²) in [5, 5.41) is 0. The highest BCUT2D eigenvalue weighted by molar-refractivity contribution is 7.60. The van der Waals surface area contributed by atoms with Crippen LogP contribution >= 0.6 is 0 Å². The first-order valence-corrected chi connectivity index (χ1v) is 8.64. The third kappa shape index (κ3) is 6.23. The number of hydrogen-bond acceptors (Lipinski definition) is 4. The summed E-state index contributed by atoms with van der Waals surface area (Å²) in [6.07, 6.45) is 4.30. The molecule has 134 valence electrons. The zero-order chi connectivity index (χ0) is 18.6. The highest BCUT2D eigenvalue weighted by Gasteiger charge is 2.26. The van der Waals surface area contributed by atoms with Gasteiger partial charge in [0.1, 0.15) is 0 Å². The molecule has 0 fully saturated rings. The zero-order valence-electron chi connectivity index (χ0n) is 15.9. The lowest BCUT2D eigenvalue weighted by Gasteiger charge is -2.27. The summed E-state index contributed by atoms with van der Waals surface area (Å²) in [6.45, 7) is 14.4. The van der Waals surface area contributed by atoms with Crippen molar-refractivity contribution in [2.75, 3.05) is 11.3 Å². The summed E-state index contributed by atoms with van der Waals surface area (Å²) >= 11 is 4.83. The van der Waals surface area contributed by atoms with Crippen molar-refractivity contribution < 1.29 is 9.53 Å². The molecule has 0 saturated heterocycles. The van der Waals surface area contributed by atoms with E-state index in [4.69, 9.17) is 17.6 Å². The number of nitrogens with one attached hydrogen (secondary N) is 1. The lowest BCUT2D eigenvalue weighted by atomic mass is 9.81. The van der Waals surface area contributed by atoms with Crippen LogP contribution in [0.1, 0.15) is 54.0 Å². The first-order chi connectivity index (χ1) is 10.9. The average Bonchev–Trinajstić information content (AvgIpc) is 2.50. The molecule has 0 aliphatic heterocycles. The van der Waals surface area contributed by atoms with Crippen molar-refractivity contribution in [3.63, 3.8) is 0 Å². The third-order valence-electron chi connectivity index (χ3n) is 3.89. The molecule has 4 heteroatoms. The van der Waals surface area contributed by atoms with Crippen LogP contribution in [0.25, 0.3) is 0 Å². The molecule has 0 atom stereocenters. The molecule has 1 N–H and O–H groups in total. The van der Waals surface area contributed by atoms with E-state index in [0.717, 1.165) is 5.69 Å². The molecule has 0 heterocycles. The summed E-state index contributed by atoms with van der Waals surface area (Å²) in [4.78, 5) is 11.9. The molecule has 1 aromatic carbocycles. The number of benzene rings is 1. The predicted molar refractivity (Wildman–Crippen MR) is 104 cm³/mol. The average molecular weight is 349 g/mol. The largest absolute Gasteiger partial charge is 0.670 e. The number of esters is 1. The van der Waals surface area contributed by atoms with Gasteiger partial charge in [0, 0.05) is 16.5 Å². The molecule has 0 spiro atoms. The second kappa shape index (κ2) is 7.64. The molecule has 0 aliphatic carbocycles. The Morgan fingerprint density at radius 3 is 2.04 bits per heavy atom. The number of carbonyl (C=O) groups is 1. The van der Waals surface area contributed by atoms with Gasteiger partial charge in [-0.25, -0.2) is 0 Å². The Balaban J connectivity index is 2.78. The maximum absolute atomic E-state index is 11.9. The lowest BCUT2D eigenvalue weighted by Crippen LogP contribution is -2.28. The monoisotopic (exact) mass is 348 g/mol. The van der Waals surface area contributed by atoms with Gasteiger partial charge in [0.15, 0.2) is 0 Å². The van der Waals surface area contributed by atoms with E-state index in [1.807, 2.05) is 32.9 Å². The molecule has 0 aromatic heterocycles. The zero-order valence-corrected chi connectivity index (χ0v) is 16.7. The molecule has 1 aromatic rings. The number of hydrogen-bond donors (Lipinski definition) is 1. The van der Waals surface area contributed by atoms with Crippen molar-refractivity contribution in [1.82, 2.24) is 0 Å². The van der Waals surface area contributed by atoms with Crippen molar-refractivity contribution in [2.45, 2.75) is 53.9 Å². The Hall–Kier alpha value is -1.42. The van der Waals surface area contributed by atoms with E-state index in [1.54, 1.807) is 0 Å². The molecule has 24 heavy (non-hydrogen) atoms. The van der Waals surface area contributed by atoms with E-state index >= 15 is 0 Å². The van der Waals surface area contributed by atoms with Crippen LogP contribution in [0.5, 0.6) is 0 Å². The number of allylic oxidation sites excluding steroid dienone is 1. The quantitative estimate of drug-likeness (QED) is 0.445. The van der Waals surface area contributed by atoms with Gasteiger partial charge in [-0.2, -0.15) is 0 Å². The van der Waals surface area contributed by atoms with E-state index in [1.165, 1.54) is 5.56 Å². The first kappa shape index (κ1) is 20.6. The predicted octanol–water partition coefficient (Wildman–Crippen LogP) is 5.01. The van der Waals surface area contributed by atoms with Crippen LogP contribution in [0.3, 0.4) is 0 Å². The molecule has 0 bridgehead atoms. The smallest absolute Gasteiger partial charge is 0.311 e. The third-order valence-corrected chi connectivity index (χ3v) is 4.12. The Morgan fingerprint density at radius 2 is 1.58 bits per heavy atom. The highest BCUT2D eigenvalue weighted by Crippen LogP contribution is 2.29. The minimum Gasteiger partial charge on any atom is -0.670 e. The molecule has 0 unspecified atom stereocenters. The second-order valence-corrected chi connectivity index (χ2v) is 8.75. The molecule has 1 rings (SSSR count). The van der Waals surface area contributed by atoms with Crippen LogP contribution in [0.2, 0.25) is 0 Å². The number of ether oxygens (including phenoxy) is 1. The van der Waals surface area contributed by atoms with Gasteiger partial charge < -0.3 is 22.3 Å². The fourth-order valence-corrected chi connectivity index (χ4v) is 2.15. The molecular weight excluding hydrogens is 318 g/mol. The molecule has 0 amide bonds. The first-order valence-electron chi connectivity index (χ1n) is 8.24. The van der Waals surface area contributed by atoms with Crippen LogP contribution in [-0.2, 0) is 27.8 Å². The van der Waals surface area contributed by atoms with E-state index in [2.05, 4.69) is 56.7 Å². The van der Waals surface area contributed by atoms with Gasteiger partial charge in [-0.1, -0.05) is 52.0 Å². The Labute approximate surface area is 152 Å². The maximum Gasteiger partial charge on any atom is 0.311 e. The summed E-state index contributed by atoms with van der Waals surface area (Å²) in [5.74, 6) is -0.171. The van der Waals surface area contributed by atoms with Crippen molar-refractivity contribution >= 4 is 24.5 Å². The normalized spacial score (nSPS) is 13.2. The number of carbonyl (C=O) groups excluding carboxylic acids is 1. The van der Waals surface area contributed by atoms with Gasteiger partial charge in [-0.05, 0) is 38.5 Å². The summed E-state index contributed by atoms with van der Waals surface area (Å²) in [6, 6.07) is 8.11. The van der Waals surface area contributed by atoms with Crippen LogP contribution in [-0.4, -0.2) is 12.6 Å². The van der Waals surface area contributed by atoms with Gasteiger partial charge >= 0.3 is 5.97 Å². The van der Waals surface area contributed by atoms with E-state index in [9.17, 15) is 4.79 Å². The topological polar surface area (TPSA) is 38.3 Å². The number of rotatable bonds is 6. The van der Waals surface area contributed by atoms with Gasteiger partial charge in [0.05, 0.1) is 12.0 Å². The van der Waals surface area contributed by atoms with Gasteiger partial charge in [-0.15, -0.1) is 0 Å². The molecule has 3 nitrogen and oxygen atoms in total. The minimum atomic E-state index is -0.473. The van der Waals surface area contributed by atoms with Crippen molar-refractivity contribution in [2.24, 2.45) is 10.8 Å². The summed E-state index contributed by atoms with van der Waals surface area (Å²) < 4.78 is 8.18. The lowest BCUT2D eigenvalue weighted by molar-refractivity contribution is -0.155. The van der Waals surface area contributed by atoms with Crippen LogP contribution in [0.15, 0.2) is 36.4 Å². The van der Waals surface area contributed by atoms with Crippen LogP contribution in [0.4, 0.5) is 5.69 Å². The van der Waals surface area contributed by atoms with E-state index in [-0.39, 0.29) is 16.8 Å². The van der Waals surface area contributed by atoms with E-state index < -0.39 is 5.41 Å². The van der Waals surface area contributed by atoms with Gasteiger partial charge in [-0.3, -0.25) is 4.79 Å². The Morgan fingerprint density at radius 1 is 1.04 bits per heavy atom. The minimum absolute atomic E-state index is 0.120. The molecule has 0 aliphatic rings. The molecular formula is C20H30NO2S-. The van der Waals surface area contributed by atoms with Crippen molar-refractivity contribution in [1.29, 1.82) is 0 Å². The number of anilines is 1. The SMILES string of the molecule is CC(C)(/C=C/C(C)(C)c1ccc(N[S-])cc1)COC(=O)C(C)(C)C. The van der Waals surface area contributed by atoms with Gasteiger partial charge in [0.2, 0.25) is 0 Å². The van der Waals surface area contributed by atoms with Crippen molar-refractivity contribution in [3.8, 4) is 0 Å². The van der Waals surface area contributed by atoms with Crippen LogP contribution < -0.4 is 4.72 Å². The van der Waals surface area contributed by atoms with Gasteiger partial charge in [0.25, 0.3) is 0 Å². The second-order valence-electron chi connectivity index (χ2n) is 8.55. The summed E-state index contributed by atoms with van der Waals surface area (Å²) in [5.41, 5.74) is 1.31. The standard InChI is InChI=1S/C20H30NO2S/c1-18(2,3)17(22)23-14-19(4,5)12-13-20(6,7)15-8-10-16(21-24)11-9-15/h8-13,21H,14H2,1-7H3/q-1/b13-12+. The fourth-order valence-electron chi connectivity index (χ4n) is 2.01. The fraction of sp³-hybridized carbons (Fsp3) is 0.550. The van der Waals surface area contributed by atoms with E-state index in [0.29, 0.717) is 6.61 Å². The Kier molecular flexibility index (Phi) is 6.57.